The molecule has 0 unspecified atom stereocenters. The highest BCUT2D eigenvalue weighted by atomic mass is 35.5. The highest BCUT2D eigenvalue weighted by Crippen LogP contribution is 2.33. The van der Waals surface area contributed by atoms with E-state index in [1.54, 1.807) is 12.1 Å². The van der Waals surface area contributed by atoms with E-state index in [4.69, 9.17) is 34.8 Å². The minimum Gasteiger partial charge on any atom is -0.318 e. The predicted molar refractivity (Wildman–Crippen MR) is 105 cm³/mol. The molecule has 0 fully saturated rings. The lowest BCUT2D eigenvalue weighted by atomic mass is 9.95. The number of halogens is 3. The Labute approximate surface area is 163 Å². The summed E-state index contributed by atoms with van der Waals surface area (Å²) >= 11 is 18.1. The monoisotopic (exact) mass is 399 g/mol. The van der Waals surface area contributed by atoms with Gasteiger partial charge in [0.15, 0.2) is 12.4 Å². The average molecular weight is 401 g/mol. The molecule has 134 valence electrons. The van der Waals surface area contributed by atoms with Crippen molar-refractivity contribution in [1.82, 2.24) is 0 Å². The lowest BCUT2D eigenvalue weighted by Gasteiger charge is -2.14. The Hall–Kier alpha value is -1.29. The van der Waals surface area contributed by atoms with E-state index in [0.717, 1.165) is 12.8 Å². The van der Waals surface area contributed by atoms with E-state index >= 15 is 0 Å². The van der Waals surface area contributed by atoms with Gasteiger partial charge in [-0.1, -0.05) is 48.7 Å². The number of rotatable bonds is 6. The fourth-order valence-corrected chi connectivity index (χ4v) is 3.68. The van der Waals surface area contributed by atoms with Crippen LogP contribution in [0.4, 0.5) is 5.69 Å². The summed E-state index contributed by atoms with van der Waals surface area (Å²) in [6, 6.07) is 6.84. The van der Waals surface area contributed by atoms with E-state index in [9.17, 15) is 4.79 Å². The molecule has 0 bridgehead atoms. The Morgan fingerprint density at radius 3 is 2.08 bits per heavy atom. The molecule has 0 aliphatic carbocycles. The van der Waals surface area contributed by atoms with Gasteiger partial charge in [0.1, 0.15) is 0 Å². The van der Waals surface area contributed by atoms with Crippen LogP contribution in [-0.2, 0) is 4.79 Å². The van der Waals surface area contributed by atoms with Gasteiger partial charge in [0.2, 0.25) is 6.04 Å². The van der Waals surface area contributed by atoms with Crippen LogP contribution < -0.4 is 9.88 Å². The number of nitrogens with zero attached hydrogens (tertiary/aromatic N) is 1. The van der Waals surface area contributed by atoms with Crippen molar-refractivity contribution in [2.75, 3.05) is 5.32 Å². The molecule has 6 heteroatoms. The zero-order valence-electron chi connectivity index (χ0n) is 14.5. The van der Waals surface area contributed by atoms with Crippen LogP contribution in [0.1, 0.15) is 51.1 Å². The van der Waals surface area contributed by atoms with Crippen molar-refractivity contribution >= 4 is 46.4 Å². The Morgan fingerprint density at radius 1 is 1.08 bits per heavy atom. The number of carbonyl (C=O) groups excluding carboxylic acids is 1. The molecule has 1 amide bonds. The van der Waals surface area contributed by atoms with Crippen LogP contribution in [0.5, 0.6) is 0 Å². The first-order valence-electron chi connectivity index (χ1n) is 8.33. The molecule has 1 atom stereocenters. The Kier molecular flexibility index (Phi) is 7.12. The zero-order chi connectivity index (χ0) is 18.6. The molecule has 1 N–H and O–H groups in total. The van der Waals surface area contributed by atoms with E-state index in [2.05, 4.69) is 31.3 Å². The second kappa shape index (κ2) is 8.88. The third-order valence-electron chi connectivity index (χ3n) is 4.42. The van der Waals surface area contributed by atoms with Crippen LogP contribution in [0.3, 0.4) is 0 Å². The smallest absolute Gasteiger partial charge is 0.293 e. The minimum absolute atomic E-state index is 0.202. The Morgan fingerprint density at radius 2 is 1.60 bits per heavy atom. The van der Waals surface area contributed by atoms with Crippen molar-refractivity contribution in [1.29, 1.82) is 0 Å². The molecular weight excluding hydrogens is 379 g/mol. The molecule has 0 spiro atoms. The van der Waals surface area contributed by atoms with Crippen molar-refractivity contribution in [2.24, 2.45) is 0 Å². The van der Waals surface area contributed by atoms with Gasteiger partial charge in [0.05, 0.1) is 15.7 Å². The minimum atomic E-state index is -0.404. The van der Waals surface area contributed by atoms with Crippen molar-refractivity contribution < 1.29 is 9.36 Å². The average Bonchev–Trinajstić information content (AvgIpc) is 2.59. The van der Waals surface area contributed by atoms with Crippen LogP contribution in [0.2, 0.25) is 15.1 Å². The van der Waals surface area contributed by atoms with Gasteiger partial charge in [-0.15, -0.1) is 0 Å². The number of aromatic nitrogens is 1. The summed E-state index contributed by atoms with van der Waals surface area (Å²) in [5, 5.41) is 3.83. The first-order chi connectivity index (χ1) is 11.9. The Balaban J connectivity index is 2.15. The Bertz CT molecular complexity index is 720. The summed E-state index contributed by atoms with van der Waals surface area (Å²) in [6.45, 7) is 6.19. The maximum absolute atomic E-state index is 12.6. The molecule has 0 aliphatic heterocycles. The molecule has 0 saturated carbocycles. The van der Waals surface area contributed by atoms with Gasteiger partial charge in [-0.25, -0.2) is 0 Å². The highest BCUT2D eigenvalue weighted by molar-refractivity contribution is 6.42. The maximum Gasteiger partial charge on any atom is 0.293 e. The summed E-state index contributed by atoms with van der Waals surface area (Å²) in [5.74, 6) is 0.344. The number of carbonyl (C=O) groups is 1. The molecule has 1 aromatic heterocycles. The molecule has 0 aliphatic rings. The predicted octanol–water partition coefficient (Wildman–Crippen LogP) is 6.04. The first kappa shape index (κ1) is 20.0. The first-order valence-corrected chi connectivity index (χ1v) is 9.46. The number of nitrogens with one attached hydrogen (secondary N) is 1. The van der Waals surface area contributed by atoms with Gasteiger partial charge in [-0.2, -0.15) is 4.57 Å². The lowest BCUT2D eigenvalue weighted by Crippen LogP contribution is -2.44. The lowest BCUT2D eigenvalue weighted by molar-refractivity contribution is -0.705. The molecule has 0 radical (unpaired) electrons. The maximum atomic E-state index is 12.6. The summed E-state index contributed by atoms with van der Waals surface area (Å²) in [7, 11) is 0. The second-order valence-electron chi connectivity index (χ2n) is 6.00. The fraction of sp³-hybridized carbons (Fsp3) is 0.368. The quantitative estimate of drug-likeness (QED) is 0.589. The molecule has 3 nitrogen and oxygen atoms in total. The number of hydrogen-bond donors (Lipinski definition) is 1. The molecule has 0 saturated heterocycles. The number of benzene rings is 1. The topological polar surface area (TPSA) is 33.0 Å². The van der Waals surface area contributed by atoms with Crippen molar-refractivity contribution in [3.8, 4) is 0 Å². The molecule has 25 heavy (non-hydrogen) atoms. The van der Waals surface area contributed by atoms with Gasteiger partial charge in [0, 0.05) is 24.1 Å². The van der Waals surface area contributed by atoms with E-state index < -0.39 is 6.04 Å². The van der Waals surface area contributed by atoms with Crippen LogP contribution in [-0.4, -0.2) is 5.91 Å². The standard InChI is InChI=1S/C19H21Cl3N2O/c1-4-13(5-2)14-6-8-24(9-7-14)12(3)19(25)23-18-16(21)10-15(20)11-17(18)22/h6-13H,4-5H2,1-3H3/p+1/t12-/m0/s1. The number of amides is 1. The van der Waals surface area contributed by atoms with E-state index in [1.807, 2.05) is 23.9 Å². The summed E-state index contributed by atoms with van der Waals surface area (Å²) in [5.41, 5.74) is 1.66. The molecule has 1 aromatic carbocycles. The number of anilines is 1. The third kappa shape index (κ3) is 4.87. The SMILES string of the molecule is CCC(CC)c1cc[n+]([C@@H](C)C(=O)Nc2c(Cl)cc(Cl)cc2Cl)cc1. The van der Waals surface area contributed by atoms with Crippen molar-refractivity contribution in [2.45, 2.75) is 45.6 Å². The molecule has 2 rings (SSSR count). The third-order valence-corrected chi connectivity index (χ3v) is 5.23. The highest BCUT2D eigenvalue weighted by Gasteiger charge is 2.24. The van der Waals surface area contributed by atoms with Crippen molar-refractivity contribution in [3.63, 3.8) is 0 Å². The van der Waals surface area contributed by atoms with E-state index in [0.29, 0.717) is 26.7 Å². The van der Waals surface area contributed by atoms with Crippen LogP contribution in [0.15, 0.2) is 36.7 Å². The van der Waals surface area contributed by atoms with E-state index in [-0.39, 0.29) is 5.91 Å². The largest absolute Gasteiger partial charge is 0.318 e. The number of pyridine rings is 1. The van der Waals surface area contributed by atoms with Crippen LogP contribution in [0.25, 0.3) is 0 Å². The van der Waals surface area contributed by atoms with Crippen molar-refractivity contribution in [3.05, 3.63) is 57.3 Å². The van der Waals surface area contributed by atoms with Gasteiger partial charge in [0.25, 0.3) is 5.91 Å². The normalized spacial score (nSPS) is 12.3. The van der Waals surface area contributed by atoms with Gasteiger partial charge in [-0.05, 0) is 36.5 Å². The summed E-state index contributed by atoms with van der Waals surface area (Å²) in [6.07, 6.45) is 6.07. The van der Waals surface area contributed by atoms with Gasteiger partial charge in [-0.3, -0.25) is 4.79 Å². The molecular formula is C19H22Cl3N2O+. The van der Waals surface area contributed by atoms with E-state index in [1.165, 1.54) is 5.56 Å². The number of hydrogen-bond acceptors (Lipinski definition) is 1. The molecule has 1 heterocycles. The van der Waals surface area contributed by atoms with Gasteiger partial charge >= 0.3 is 0 Å². The second-order valence-corrected chi connectivity index (χ2v) is 7.25. The summed E-state index contributed by atoms with van der Waals surface area (Å²) < 4.78 is 1.86. The van der Waals surface area contributed by atoms with Gasteiger partial charge < -0.3 is 5.32 Å². The fourth-order valence-electron chi connectivity index (χ4n) is 2.76. The molecule has 2 aromatic rings. The van der Waals surface area contributed by atoms with Crippen LogP contribution >= 0.6 is 34.8 Å². The zero-order valence-corrected chi connectivity index (χ0v) is 16.8. The summed E-state index contributed by atoms with van der Waals surface area (Å²) in [4.78, 5) is 12.6. The van der Waals surface area contributed by atoms with Crippen LogP contribution in [0, 0.1) is 0 Å².